The first kappa shape index (κ1) is 23.4. The van der Waals surface area contributed by atoms with Crippen molar-refractivity contribution in [2.75, 3.05) is 45.9 Å². The van der Waals surface area contributed by atoms with Crippen LogP contribution in [0.5, 0.6) is 0 Å². The standard InChI is InChI=1S/C16H33N5O2.HI/c1-5-17-16(18-7-6-15(22)20-13(2)3)19-12-14(4)21-8-10-23-11-9-21;/h13-14H,5-12H2,1-4H3,(H,20,22)(H2,17,18,19);1H. The average Bonchev–Trinajstić information content (AvgIpc) is 2.52. The third-order valence-electron chi connectivity index (χ3n) is 3.62. The fourth-order valence-electron chi connectivity index (χ4n) is 2.39. The maximum Gasteiger partial charge on any atom is 0.221 e. The fourth-order valence-corrected chi connectivity index (χ4v) is 2.39. The van der Waals surface area contributed by atoms with Crippen molar-refractivity contribution in [2.24, 2.45) is 4.99 Å². The number of hydrogen-bond acceptors (Lipinski definition) is 4. The second-order valence-electron chi connectivity index (χ2n) is 6.12. The molecular formula is C16H34IN5O2. The molecule has 0 aromatic heterocycles. The highest BCUT2D eigenvalue weighted by Crippen LogP contribution is 2.03. The fraction of sp³-hybridized carbons (Fsp3) is 0.875. The molecule has 0 aromatic rings. The number of nitrogens with one attached hydrogen (secondary N) is 3. The van der Waals surface area contributed by atoms with Gasteiger partial charge in [-0.15, -0.1) is 24.0 Å². The zero-order valence-corrected chi connectivity index (χ0v) is 17.8. The van der Waals surface area contributed by atoms with Gasteiger partial charge in [-0.1, -0.05) is 0 Å². The highest BCUT2D eigenvalue weighted by molar-refractivity contribution is 14.0. The van der Waals surface area contributed by atoms with Gasteiger partial charge in [-0.05, 0) is 27.7 Å². The maximum atomic E-state index is 11.6. The molecule has 1 heterocycles. The summed E-state index contributed by atoms with van der Waals surface area (Å²) in [5.74, 6) is 0.829. The molecule has 1 unspecified atom stereocenters. The summed E-state index contributed by atoms with van der Waals surface area (Å²) in [6.45, 7) is 13.8. The van der Waals surface area contributed by atoms with Crippen molar-refractivity contribution < 1.29 is 9.53 Å². The van der Waals surface area contributed by atoms with Gasteiger partial charge in [0.1, 0.15) is 0 Å². The van der Waals surface area contributed by atoms with E-state index >= 15 is 0 Å². The molecule has 0 radical (unpaired) electrons. The van der Waals surface area contributed by atoms with Crippen molar-refractivity contribution in [3.8, 4) is 0 Å². The Labute approximate surface area is 163 Å². The van der Waals surface area contributed by atoms with E-state index in [1.54, 1.807) is 0 Å². The van der Waals surface area contributed by atoms with Gasteiger partial charge in [0.25, 0.3) is 0 Å². The predicted octanol–water partition coefficient (Wildman–Crippen LogP) is 0.795. The van der Waals surface area contributed by atoms with Crippen LogP contribution in [0.4, 0.5) is 0 Å². The number of carbonyl (C=O) groups is 1. The van der Waals surface area contributed by atoms with Crippen LogP contribution in [0, 0.1) is 0 Å². The number of nitrogens with zero attached hydrogens (tertiary/aromatic N) is 2. The number of rotatable bonds is 8. The summed E-state index contributed by atoms with van der Waals surface area (Å²) in [7, 11) is 0. The summed E-state index contributed by atoms with van der Waals surface area (Å²) >= 11 is 0. The number of halogens is 1. The van der Waals surface area contributed by atoms with Gasteiger partial charge in [0.15, 0.2) is 5.96 Å². The van der Waals surface area contributed by atoms with Gasteiger partial charge in [-0.3, -0.25) is 14.7 Å². The predicted molar refractivity (Wildman–Crippen MR) is 109 cm³/mol. The van der Waals surface area contributed by atoms with Crippen LogP contribution in [0.3, 0.4) is 0 Å². The van der Waals surface area contributed by atoms with Gasteiger partial charge in [0.05, 0.1) is 19.8 Å². The van der Waals surface area contributed by atoms with E-state index in [4.69, 9.17) is 4.74 Å². The molecule has 1 aliphatic rings. The van der Waals surface area contributed by atoms with Crippen LogP contribution in [-0.4, -0.2) is 74.8 Å². The number of guanidine groups is 1. The number of aliphatic imine (C=N–C) groups is 1. The van der Waals surface area contributed by atoms with Gasteiger partial charge >= 0.3 is 0 Å². The summed E-state index contributed by atoms with van der Waals surface area (Å²) in [6.07, 6.45) is 0.446. The Hall–Kier alpha value is -0.610. The second kappa shape index (κ2) is 13.7. The van der Waals surface area contributed by atoms with E-state index in [9.17, 15) is 4.79 Å². The summed E-state index contributed by atoms with van der Waals surface area (Å²) in [6, 6.07) is 0.567. The van der Waals surface area contributed by atoms with Crippen LogP contribution in [0.1, 0.15) is 34.1 Å². The minimum absolute atomic E-state index is 0. The van der Waals surface area contributed by atoms with E-state index in [2.05, 4.69) is 32.8 Å². The molecule has 3 N–H and O–H groups in total. The zero-order chi connectivity index (χ0) is 17.1. The molecule has 1 amide bonds. The molecule has 0 aliphatic carbocycles. The molecule has 0 spiro atoms. The van der Waals surface area contributed by atoms with E-state index in [1.165, 1.54) is 0 Å². The van der Waals surface area contributed by atoms with Crippen molar-refractivity contribution in [3.05, 3.63) is 0 Å². The van der Waals surface area contributed by atoms with E-state index in [1.807, 2.05) is 20.8 Å². The lowest BCUT2D eigenvalue weighted by Gasteiger charge is -2.31. The largest absolute Gasteiger partial charge is 0.379 e. The number of amides is 1. The molecule has 7 nitrogen and oxygen atoms in total. The molecule has 1 fully saturated rings. The van der Waals surface area contributed by atoms with Crippen molar-refractivity contribution in [2.45, 2.75) is 46.2 Å². The number of hydrogen-bond donors (Lipinski definition) is 3. The molecule has 142 valence electrons. The normalized spacial score (nSPS) is 17.1. The molecule has 1 atom stereocenters. The minimum atomic E-state index is 0. The minimum Gasteiger partial charge on any atom is -0.379 e. The molecule has 0 bridgehead atoms. The summed E-state index contributed by atoms with van der Waals surface area (Å²) in [4.78, 5) is 18.7. The Morgan fingerprint density at radius 1 is 1.21 bits per heavy atom. The molecular weight excluding hydrogens is 421 g/mol. The highest BCUT2D eigenvalue weighted by atomic mass is 127. The lowest BCUT2D eigenvalue weighted by atomic mass is 10.2. The van der Waals surface area contributed by atoms with Gasteiger partial charge in [0, 0.05) is 44.7 Å². The van der Waals surface area contributed by atoms with Crippen LogP contribution < -0.4 is 16.0 Å². The van der Waals surface area contributed by atoms with E-state index in [0.717, 1.165) is 45.4 Å². The van der Waals surface area contributed by atoms with Crippen LogP contribution >= 0.6 is 24.0 Å². The van der Waals surface area contributed by atoms with Crippen molar-refractivity contribution >= 4 is 35.8 Å². The topological polar surface area (TPSA) is 78.0 Å². The lowest BCUT2D eigenvalue weighted by Crippen LogP contribution is -2.45. The molecule has 8 heteroatoms. The SMILES string of the molecule is CCNC(=NCC(C)N1CCOCC1)NCCC(=O)NC(C)C.I. The Bertz CT molecular complexity index is 373. The molecule has 1 saturated heterocycles. The number of morpholine rings is 1. The zero-order valence-electron chi connectivity index (χ0n) is 15.4. The highest BCUT2D eigenvalue weighted by Gasteiger charge is 2.16. The number of carbonyl (C=O) groups excluding carboxylic acids is 1. The first-order chi connectivity index (χ1) is 11.0. The smallest absolute Gasteiger partial charge is 0.221 e. The van der Waals surface area contributed by atoms with E-state index in [0.29, 0.717) is 19.0 Å². The quantitative estimate of drug-likeness (QED) is 0.287. The average molecular weight is 455 g/mol. The second-order valence-corrected chi connectivity index (χ2v) is 6.12. The molecule has 1 aliphatic heterocycles. The first-order valence-corrected chi connectivity index (χ1v) is 8.66. The lowest BCUT2D eigenvalue weighted by molar-refractivity contribution is -0.121. The Balaban J connectivity index is 0.00000529. The molecule has 0 saturated carbocycles. The monoisotopic (exact) mass is 455 g/mol. The van der Waals surface area contributed by atoms with Crippen LogP contribution in [0.2, 0.25) is 0 Å². The summed E-state index contributed by atoms with van der Waals surface area (Å²) in [5.41, 5.74) is 0. The molecule has 24 heavy (non-hydrogen) atoms. The molecule has 1 rings (SSSR count). The summed E-state index contributed by atoms with van der Waals surface area (Å²) in [5, 5.41) is 9.32. The van der Waals surface area contributed by atoms with Gasteiger partial charge in [-0.2, -0.15) is 0 Å². The van der Waals surface area contributed by atoms with Crippen molar-refractivity contribution in [3.63, 3.8) is 0 Å². The Morgan fingerprint density at radius 3 is 2.46 bits per heavy atom. The first-order valence-electron chi connectivity index (χ1n) is 8.66. The number of ether oxygens (including phenoxy) is 1. The molecule has 0 aromatic carbocycles. The van der Waals surface area contributed by atoms with Gasteiger partial charge < -0.3 is 20.7 Å². The van der Waals surface area contributed by atoms with Gasteiger partial charge in [0.2, 0.25) is 5.91 Å². The Kier molecular flexibility index (Phi) is 13.3. The van der Waals surface area contributed by atoms with Gasteiger partial charge in [-0.25, -0.2) is 0 Å². The summed E-state index contributed by atoms with van der Waals surface area (Å²) < 4.78 is 5.38. The van der Waals surface area contributed by atoms with Crippen LogP contribution in [-0.2, 0) is 9.53 Å². The van der Waals surface area contributed by atoms with Crippen molar-refractivity contribution in [1.29, 1.82) is 0 Å². The van der Waals surface area contributed by atoms with Crippen LogP contribution in [0.15, 0.2) is 4.99 Å². The Morgan fingerprint density at radius 2 is 1.88 bits per heavy atom. The maximum absolute atomic E-state index is 11.6. The van der Waals surface area contributed by atoms with E-state index < -0.39 is 0 Å². The third kappa shape index (κ3) is 10.3. The third-order valence-corrected chi connectivity index (χ3v) is 3.62. The van der Waals surface area contributed by atoms with E-state index in [-0.39, 0.29) is 35.9 Å². The van der Waals surface area contributed by atoms with Crippen LogP contribution in [0.25, 0.3) is 0 Å². The van der Waals surface area contributed by atoms with Crippen molar-refractivity contribution in [1.82, 2.24) is 20.9 Å².